The summed E-state index contributed by atoms with van der Waals surface area (Å²) in [6.07, 6.45) is 2.13. The summed E-state index contributed by atoms with van der Waals surface area (Å²) in [6.45, 7) is 0.495. The quantitative estimate of drug-likeness (QED) is 0.734. The van der Waals surface area contributed by atoms with Crippen molar-refractivity contribution in [1.29, 1.82) is 0 Å². The number of hydrogen-bond donors (Lipinski definition) is 1. The van der Waals surface area contributed by atoms with Gasteiger partial charge < -0.3 is 9.47 Å². The summed E-state index contributed by atoms with van der Waals surface area (Å²) in [6, 6.07) is 0. The zero-order valence-electron chi connectivity index (χ0n) is 8.88. The van der Waals surface area contributed by atoms with Crippen molar-refractivity contribution in [2.75, 3.05) is 13.7 Å². The van der Waals surface area contributed by atoms with Crippen LogP contribution >= 0.6 is 0 Å². The van der Waals surface area contributed by atoms with E-state index in [1.165, 1.54) is 0 Å². The molecule has 7 heteroatoms. The van der Waals surface area contributed by atoms with E-state index in [-0.39, 0.29) is 6.10 Å². The Morgan fingerprint density at radius 2 is 2.44 bits per heavy atom. The highest BCUT2D eigenvalue weighted by Crippen LogP contribution is 2.26. The van der Waals surface area contributed by atoms with Gasteiger partial charge in [-0.15, -0.1) is 0 Å². The number of aromatic nitrogens is 3. The highest BCUT2D eigenvalue weighted by Gasteiger charge is 2.27. The third-order valence-electron chi connectivity index (χ3n) is 2.45. The first-order valence-electron chi connectivity index (χ1n) is 5.03. The molecule has 1 N–H and O–H groups in total. The molecule has 1 aliphatic rings. The molecule has 2 heterocycles. The van der Waals surface area contributed by atoms with Gasteiger partial charge in [0.25, 0.3) is 5.56 Å². The average molecular weight is 227 g/mol. The Bertz CT molecular complexity index is 466. The van der Waals surface area contributed by atoms with Gasteiger partial charge in [0, 0.05) is 7.11 Å². The van der Waals surface area contributed by atoms with Crippen LogP contribution < -0.4 is 11.2 Å². The van der Waals surface area contributed by atoms with Gasteiger partial charge in [-0.2, -0.15) is 9.78 Å². The Morgan fingerprint density at radius 1 is 1.62 bits per heavy atom. The van der Waals surface area contributed by atoms with E-state index in [0.29, 0.717) is 13.0 Å². The fraction of sp³-hybridized carbons (Fsp3) is 0.667. The number of hydrogen-bond acceptors (Lipinski definition) is 5. The van der Waals surface area contributed by atoms with E-state index in [9.17, 15) is 9.59 Å². The maximum atomic E-state index is 11.4. The molecule has 2 unspecified atom stereocenters. The zero-order valence-corrected chi connectivity index (χ0v) is 8.88. The number of rotatable bonds is 3. The lowest BCUT2D eigenvalue weighted by Gasteiger charge is -2.13. The highest BCUT2D eigenvalue weighted by molar-refractivity contribution is 4.75. The zero-order chi connectivity index (χ0) is 11.5. The first kappa shape index (κ1) is 11.0. The van der Waals surface area contributed by atoms with Crippen LogP contribution in [0.25, 0.3) is 0 Å². The number of methoxy groups -OCH3 is 1. The van der Waals surface area contributed by atoms with Crippen LogP contribution in [0.15, 0.2) is 15.8 Å². The summed E-state index contributed by atoms with van der Waals surface area (Å²) >= 11 is 0. The van der Waals surface area contributed by atoms with Crippen LogP contribution in [0.4, 0.5) is 0 Å². The largest absolute Gasteiger partial charge is 0.382 e. The number of nitrogens with zero attached hydrogens (tertiary/aromatic N) is 2. The maximum Gasteiger partial charge on any atom is 0.347 e. The van der Waals surface area contributed by atoms with Gasteiger partial charge in [-0.3, -0.25) is 9.78 Å². The number of H-pyrrole nitrogens is 1. The predicted molar refractivity (Wildman–Crippen MR) is 54.1 cm³/mol. The van der Waals surface area contributed by atoms with Crippen molar-refractivity contribution in [3.05, 3.63) is 27.0 Å². The van der Waals surface area contributed by atoms with Crippen molar-refractivity contribution in [2.45, 2.75) is 25.2 Å². The Hall–Kier alpha value is -1.47. The van der Waals surface area contributed by atoms with Crippen LogP contribution in [-0.2, 0) is 9.47 Å². The minimum Gasteiger partial charge on any atom is -0.382 e. The second kappa shape index (κ2) is 4.58. The van der Waals surface area contributed by atoms with E-state index in [4.69, 9.17) is 9.47 Å². The van der Waals surface area contributed by atoms with Gasteiger partial charge in [0.15, 0.2) is 6.23 Å². The van der Waals surface area contributed by atoms with Crippen molar-refractivity contribution in [3.63, 3.8) is 0 Å². The van der Waals surface area contributed by atoms with Crippen LogP contribution in [0.2, 0.25) is 0 Å². The van der Waals surface area contributed by atoms with Crippen LogP contribution in [0.1, 0.15) is 19.1 Å². The minimum absolute atomic E-state index is 0.0179. The first-order chi connectivity index (χ1) is 7.70. The molecule has 0 amide bonds. The van der Waals surface area contributed by atoms with Crippen molar-refractivity contribution in [2.24, 2.45) is 0 Å². The van der Waals surface area contributed by atoms with Crippen molar-refractivity contribution in [1.82, 2.24) is 14.8 Å². The molecule has 88 valence electrons. The molecule has 1 aliphatic heterocycles. The fourth-order valence-electron chi connectivity index (χ4n) is 1.74. The third-order valence-corrected chi connectivity index (χ3v) is 2.45. The second-order valence-electron chi connectivity index (χ2n) is 3.63. The molecule has 2 atom stereocenters. The van der Waals surface area contributed by atoms with Gasteiger partial charge in [0.1, 0.15) is 6.20 Å². The second-order valence-corrected chi connectivity index (χ2v) is 3.63. The van der Waals surface area contributed by atoms with Gasteiger partial charge in [-0.25, -0.2) is 4.79 Å². The summed E-state index contributed by atoms with van der Waals surface area (Å²) in [5.41, 5.74) is -1.05. The summed E-state index contributed by atoms with van der Waals surface area (Å²) in [5.74, 6) is 0. The fourth-order valence-corrected chi connectivity index (χ4v) is 1.74. The Kier molecular flexibility index (Phi) is 3.16. The number of aromatic amines is 1. The van der Waals surface area contributed by atoms with E-state index < -0.39 is 17.5 Å². The van der Waals surface area contributed by atoms with Crippen LogP contribution in [0.5, 0.6) is 0 Å². The molecule has 16 heavy (non-hydrogen) atoms. The minimum atomic E-state index is -0.546. The molecule has 0 spiro atoms. The average Bonchev–Trinajstić information content (AvgIpc) is 2.67. The SMILES string of the molecule is COCC1CCC(n2ncc(=O)[nH]c2=O)O1. The van der Waals surface area contributed by atoms with Crippen molar-refractivity contribution in [3.8, 4) is 0 Å². The summed E-state index contributed by atoms with van der Waals surface area (Å²) in [7, 11) is 1.60. The predicted octanol–water partition coefficient (Wildman–Crippen LogP) is -0.744. The molecule has 2 rings (SSSR count). The van der Waals surface area contributed by atoms with E-state index in [1.54, 1.807) is 7.11 Å². The molecule has 1 aromatic heterocycles. The molecule has 0 radical (unpaired) electrons. The normalized spacial score (nSPS) is 24.8. The summed E-state index contributed by atoms with van der Waals surface area (Å²) < 4.78 is 11.7. The third kappa shape index (κ3) is 2.20. The lowest BCUT2D eigenvalue weighted by molar-refractivity contribution is -0.0396. The van der Waals surface area contributed by atoms with Gasteiger partial charge in [-0.05, 0) is 12.8 Å². The molecule has 1 fully saturated rings. The Balaban J connectivity index is 2.14. The van der Waals surface area contributed by atoms with Gasteiger partial charge in [-0.1, -0.05) is 0 Å². The maximum absolute atomic E-state index is 11.4. The Labute approximate surface area is 91.0 Å². The molecular formula is C9H13N3O4. The number of nitrogens with one attached hydrogen (secondary N) is 1. The van der Waals surface area contributed by atoms with E-state index in [2.05, 4.69) is 10.1 Å². The van der Waals surface area contributed by atoms with E-state index in [1.807, 2.05) is 0 Å². The molecule has 1 saturated heterocycles. The van der Waals surface area contributed by atoms with Crippen molar-refractivity contribution >= 4 is 0 Å². The molecule has 1 aromatic rings. The van der Waals surface area contributed by atoms with Gasteiger partial charge in [0.05, 0.1) is 12.7 Å². The van der Waals surface area contributed by atoms with Gasteiger partial charge >= 0.3 is 5.69 Å². The smallest absolute Gasteiger partial charge is 0.347 e. The highest BCUT2D eigenvalue weighted by atomic mass is 16.5. The van der Waals surface area contributed by atoms with Crippen molar-refractivity contribution < 1.29 is 9.47 Å². The van der Waals surface area contributed by atoms with E-state index in [0.717, 1.165) is 17.3 Å². The molecule has 0 aromatic carbocycles. The molecule has 0 aliphatic carbocycles. The first-order valence-corrected chi connectivity index (χ1v) is 5.03. The lowest BCUT2D eigenvalue weighted by atomic mass is 10.2. The van der Waals surface area contributed by atoms with E-state index >= 15 is 0 Å². The summed E-state index contributed by atoms with van der Waals surface area (Å²) in [4.78, 5) is 24.4. The Morgan fingerprint density at radius 3 is 3.12 bits per heavy atom. The molecule has 0 bridgehead atoms. The number of ether oxygens (including phenoxy) is 2. The summed E-state index contributed by atoms with van der Waals surface area (Å²) in [5, 5.41) is 3.75. The molecule has 0 saturated carbocycles. The molecular weight excluding hydrogens is 214 g/mol. The monoisotopic (exact) mass is 227 g/mol. The standard InChI is InChI=1S/C9H13N3O4/c1-15-5-6-2-3-8(16-6)12-9(14)11-7(13)4-10-12/h4,6,8H,2-3,5H2,1H3,(H,11,13,14). The van der Waals surface area contributed by atoms with Crippen LogP contribution in [0.3, 0.4) is 0 Å². The van der Waals surface area contributed by atoms with Crippen LogP contribution in [-0.4, -0.2) is 34.6 Å². The van der Waals surface area contributed by atoms with Crippen LogP contribution in [0, 0.1) is 0 Å². The topological polar surface area (TPSA) is 86.2 Å². The lowest BCUT2D eigenvalue weighted by Crippen LogP contribution is -2.34. The molecule has 7 nitrogen and oxygen atoms in total. The van der Waals surface area contributed by atoms with Gasteiger partial charge in [0.2, 0.25) is 0 Å².